The first-order valence-electron chi connectivity index (χ1n) is 12.5. The van der Waals surface area contributed by atoms with E-state index >= 15 is 0 Å². The number of nitrogens with one attached hydrogen (secondary N) is 1. The molecule has 1 unspecified atom stereocenters. The Morgan fingerprint density at radius 1 is 1.32 bits per heavy atom. The molecular formula is C29H38Cl2N4O3. The molecule has 3 aliphatic rings. The number of nitrogens with two attached hydrogens (primary N) is 1. The van der Waals surface area contributed by atoms with Crippen LogP contribution in [0.4, 0.5) is 0 Å². The Morgan fingerprint density at radius 3 is 2.53 bits per heavy atom. The Hall–Kier alpha value is -2.95. The van der Waals surface area contributed by atoms with Crippen molar-refractivity contribution in [1.82, 2.24) is 10.2 Å². The van der Waals surface area contributed by atoms with Gasteiger partial charge in [-0.05, 0) is 59.1 Å². The molecule has 2 heterocycles. The van der Waals surface area contributed by atoms with Gasteiger partial charge in [0, 0.05) is 29.5 Å². The number of amides is 2. The van der Waals surface area contributed by atoms with Crippen molar-refractivity contribution in [2.75, 3.05) is 6.54 Å². The minimum absolute atomic E-state index is 0.0463. The second-order valence-electron chi connectivity index (χ2n) is 10.8. The summed E-state index contributed by atoms with van der Waals surface area (Å²) in [6.07, 6.45) is 15.2. The van der Waals surface area contributed by atoms with Gasteiger partial charge in [0.15, 0.2) is 5.96 Å². The second-order valence-corrected chi connectivity index (χ2v) is 11.6. The summed E-state index contributed by atoms with van der Waals surface area (Å²) in [5.74, 6) is 0.596. The van der Waals surface area contributed by atoms with Crippen molar-refractivity contribution in [3.63, 3.8) is 0 Å². The van der Waals surface area contributed by atoms with Gasteiger partial charge in [-0.3, -0.25) is 14.5 Å². The van der Waals surface area contributed by atoms with Gasteiger partial charge in [-0.2, -0.15) is 0 Å². The molecule has 1 aliphatic carbocycles. The maximum atomic E-state index is 13.0. The van der Waals surface area contributed by atoms with Gasteiger partial charge in [-0.25, -0.2) is 4.99 Å². The van der Waals surface area contributed by atoms with Crippen molar-refractivity contribution < 1.29 is 14.3 Å². The average molecular weight is 562 g/mol. The van der Waals surface area contributed by atoms with Crippen molar-refractivity contribution >= 4 is 41.0 Å². The van der Waals surface area contributed by atoms with Gasteiger partial charge in [-0.1, -0.05) is 48.0 Å². The SMILES string of the molecule is C#C.C=C/C=C\C.CC1(C)CC(=O)N(C[C@H]2CC2C(=O)N[C@H]2CC(C)(C)Oc3c(Cl)cc(Cl)cc32)C(N)=N1. The molecule has 2 aliphatic heterocycles. The third-order valence-electron chi connectivity index (χ3n) is 6.39. The summed E-state index contributed by atoms with van der Waals surface area (Å²) in [6.45, 7) is 13.5. The smallest absolute Gasteiger partial charge is 0.231 e. The van der Waals surface area contributed by atoms with Gasteiger partial charge >= 0.3 is 0 Å². The molecule has 0 radical (unpaired) electrons. The van der Waals surface area contributed by atoms with E-state index in [0.717, 1.165) is 5.56 Å². The van der Waals surface area contributed by atoms with E-state index < -0.39 is 11.1 Å². The molecule has 0 saturated heterocycles. The highest BCUT2D eigenvalue weighted by Crippen LogP contribution is 2.46. The molecule has 4 rings (SSSR count). The molecule has 3 N–H and O–H groups in total. The van der Waals surface area contributed by atoms with E-state index in [-0.39, 0.29) is 35.7 Å². The molecule has 3 atom stereocenters. The predicted molar refractivity (Wildman–Crippen MR) is 155 cm³/mol. The minimum atomic E-state index is -0.483. The van der Waals surface area contributed by atoms with Crippen LogP contribution in [0.5, 0.6) is 5.75 Å². The van der Waals surface area contributed by atoms with Crippen molar-refractivity contribution in [3.05, 3.63) is 52.5 Å². The fourth-order valence-corrected chi connectivity index (χ4v) is 5.16. The molecule has 1 aromatic rings. The number of ether oxygens (including phenoxy) is 1. The zero-order valence-corrected chi connectivity index (χ0v) is 24.3. The first-order valence-corrected chi connectivity index (χ1v) is 13.2. The Morgan fingerprint density at radius 2 is 1.97 bits per heavy atom. The lowest BCUT2D eigenvalue weighted by Gasteiger charge is -2.38. The maximum Gasteiger partial charge on any atom is 0.231 e. The summed E-state index contributed by atoms with van der Waals surface area (Å²) in [5.41, 5.74) is 5.84. The summed E-state index contributed by atoms with van der Waals surface area (Å²) in [4.78, 5) is 31.4. The number of benzene rings is 1. The molecule has 0 aromatic heterocycles. The molecule has 0 spiro atoms. The van der Waals surface area contributed by atoms with Crippen LogP contribution in [-0.2, 0) is 9.59 Å². The summed E-state index contributed by atoms with van der Waals surface area (Å²) in [6, 6.07) is 3.17. The summed E-state index contributed by atoms with van der Waals surface area (Å²) < 4.78 is 6.04. The zero-order valence-electron chi connectivity index (χ0n) is 22.8. The quantitative estimate of drug-likeness (QED) is 0.358. The first-order chi connectivity index (χ1) is 17.8. The van der Waals surface area contributed by atoms with Gasteiger partial charge in [-0.15, -0.1) is 12.8 Å². The maximum absolute atomic E-state index is 13.0. The number of carbonyl (C=O) groups is 2. The fourth-order valence-electron chi connectivity index (χ4n) is 4.61. The number of halogens is 2. The highest BCUT2D eigenvalue weighted by molar-refractivity contribution is 6.35. The molecule has 2 amide bonds. The Balaban J connectivity index is 0.000000651. The molecule has 1 saturated carbocycles. The van der Waals surface area contributed by atoms with Crippen molar-refractivity contribution in [2.45, 2.75) is 71.1 Å². The number of allylic oxidation sites excluding steroid dienone is 3. The number of fused-ring (bicyclic) bond motifs is 1. The predicted octanol–water partition coefficient (Wildman–Crippen LogP) is 5.67. The second kappa shape index (κ2) is 12.7. The van der Waals surface area contributed by atoms with Crippen LogP contribution in [0.15, 0.2) is 41.9 Å². The Labute approximate surface area is 236 Å². The molecule has 7 nitrogen and oxygen atoms in total. The van der Waals surface area contributed by atoms with Gasteiger partial charge in [0.1, 0.15) is 11.4 Å². The number of aliphatic imine (C=N–C) groups is 1. The van der Waals surface area contributed by atoms with Crippen LogP contribution in [0.2, 0.25) is 10.0 Å². The molecular weight excluding hydrogens is 523 g/mol. The minimum Gasteiger partial charge on any atom is -0.486 e. The van der Waals surface area contributed by atoms with E-state index in [1.807, 2.05) is 46.8 Å². The Bertz CT molecular complexity index is 1140. The van der Waals surface area contributed by atoms with E-state index in [2.05, 4.69) is 29.7 Å². The van der Waals surface area contributed by atoms with Crippen molar-refractivity contribution in [1.29, 1.82) is 0 Å². The van der Waals surface area contributed by atoms with E-state index in [1.165, 1.54) is 4.90 Å². The lowest BCUT2D eigenvalue weighted by atomic mass is 9.89. The van der Waals surface area contributed by atoms with E-state index in [1.54, 1.807) is 18.2 Å². The van der Waals surface area contributed by atoms with E-state index in [4.69, 9.17) is 33.7 Å². The van der Waals surface area contributed by atoms with Crippen molar-refractivity contribution in [3.8, 4) is 18.6 Å². The number of carbonyl (C=O) groups excluding carboxylic acids is 2. The standard InChI is InChI=1S/C22H28Cl2N4O3.C5H8.C2H2/c1-21(2)9-17(29)28(20(25)27-21)10-11-5-13(11)19(30)26-16-8-22(3,4)31-18-14(16)6-12(23)7-15(18)24;1-3-5-4-2;1-2/h6-7,11,13,16H,5,8-10H2,1-4H3,(H2,25,27)(H,26,30);3-5H,1H2,2H3;1-2H/b;5-4-;/t11-,13?,16+;;/m1../s1. The average Bonchev–Trinajstić information content (AvgIpc) is 3.58. The largest absolute Gasteiger partial charge is 0.486 e. The summed E-state index contributed by atoms with van der Waals surface area (Å²) >= 11 is 12.5. The van der Waals surface area contributed by atoms with Crippen LogP contribution in [-0.4, -0.2) is 40.4 Å². The highest BCUT2D eigenvalue weighted by Gasteiger charge is 2.47. The number of hydrogen-bond acceptors (Lipinski definition) is 5. The van der Waals surface area contributed by atoms with Gasteiger partial charge in [0.2, 0.25) is 11.8 Å². The normalized spacial score (nSPS) is 24.3. The molecule has 1 fully saturated rings. The van der Waals surface area contributed by atoms with Crippen LogP contribution in [0.25, 0.3) is 0 Å². The molecule has 1 aromatic carbocycles. The third kappa shape index (κ3) is 8.02. The third-order valence-corrected chi connectivity index (χ3v) is 6.89. The first kappa shape index (κ1) is 31.3. The molecule has 0 bridgehead atoms. The summed E-state index contributed by atoms with van der Waals surface area (Å²) in [5, 5.41) is 4.08. The Kier molecular flexibility index (Phi) is 10.5. The number of terminal acetylenes is 1. The molecule has 206 valence electrons. The van der Waals surface area contributed by atoms with Crippen LogP contribution < -0.4 is 15.8 Å². The number of rotatable bonds is 5. The molecule has 9 heteroatoms. The lowest BCUT2D eigenvalue weighted by molar-refractivity contribution is -0.130. The van der Waals surface area contributed by atoms with Crippen molar-refractivity contribution in [2.24, 2.45) is 22.6 Å². The highest BCUT2D eigenvalue weighted by atomic mass is 35.5. The monoisotopic (exact) mass is 560 g/mol. The van der Waals surface area contributed by atoms with Gasteiger partial charge in [0.05, 0.1) is 23.0 Å². The van der Waals surface area contributed by atoms with Gasteiger partial charge < -0.3 is 15.8 Å². The lowest BCUT2D eigenvalue weighted by Crippen LogP contribution is -2.50. The topological polar surface area (TPSA) is 97.0 Å². The zero-order chi connectivity index (χ0) is 28.8. The van der Waals surface area contributed by atoms with Crippen LogP contribution >= 0.6 is 23.2 Å². The number of hydrogen-bond donors (Lipinski definition) is 2. The van der Waals surface area contributed by atoms with Crippen LogP contribution in [0.1, 0.15) is 65.5 Å². The number of guanidine groups is 1. The van der Waals surface area contributed by atoms with Crippen LogP contribution in [0, 0.1) is 24.7 Å². The fraction of sp³-hybridized carbons (Fsp3) is 0.483. The van der Waals surface area contributed by atoms with E-state index in [0.29, 0.717) is 41.6 Å². The molecule has 38 heavy (non-hydrogen) atoms. The summed E-state index contributed by atoms with van der Waals surface area (Å²) in [7, 11) is 0. The number of nitrogens with zero attached hydrogens (tertiary/aromatic N) is 2. The van der Waals surface area contributed by atoms with Crippen LogP contribution in [0.3, 0.4) is 0 Å². The van der Waals surface area contributed by atoms with Gasteiger partial charge in [0.25, 0.3) is 0 Å². The van der Waals surface area contributed by atoms with E-state index in [9.17, 15) is 9.59 Å².